The lowest BCUT2D eigenvalue weighted by Gasteiger charge is -2.32. The Morgan fingerprint density at radius 2 is 0.632 bits per heavy atom. The number of carboxylic acids is 10. The summed E-state index contributed by atoms with van der Waals surface area (Å²) in [6.45, 7) is 6.85. The number of rotatable bonds is 29. The summed E-state index contributed by atoms with van der Waals surface area (Å²) >= 11 is 0. The lowest BCUT2D eigenvalue weighted by atomic mass is 9.95. The maximum atomic E-state index is 9.90. The fraction of sp³-hybridized carbons (Fsp3) is 0.652. The van der Waals surface area contributed by atoms with E-state index >= 15 is 0 Å². The highest BCUT2D eigenvalue weighted by Crippen LogP contribution is 2.30. The highest BCUT2D eigenvalue weighted by molar-refractivity contribution is 5.70. The van der Waals surface area contributed by atoms with Gasteiger partial charge in [-0.05, 0) is 107 Å². The summed E-state index contributed by atoms with van der Waals surface area (Å²) in [6.07, 6.45) is 10.1. The Morgan fingerprint density at radius 3 is 0.838 bits per heavy atom. The van der Waals surface area contributed by atoms with Crippen molar-refractivity contribution in [2.75, 3.05) is 18.0 Å². The lowest BCUT2D eigenvalue weighted by molar-refractivity contribution is -0.139. The van der Waals surface area contributed by atoms with Crippen LogP contribution in [0.2, 0.25) is 0 Å². The van der Waals surface area contributed by atoms with Gasteiger partial charge in [0.25, 0.3) is 0 Å². The van der Waals surface area contributed by atoms with Crippen molar-refractivity contribution < 1.29 is 99.0 Å². The molecule has 1 atom stereocenters. The number of carboxylic acid groups (broad SMARTS) is 10. The minimum absolute atomic E-state index is 0.0628. The molecule has 0 radical (unpaired) electrons. The summed E-state index contributed by atoms with van der Waals surface area (Å²) in [6, 6.07) is 8.86. The van der Waals surface area contributed by atoms with Crippen LogP contribution < -0.4 is 10.6 Å². The van der Waals surface area contributed by atoms with Gasteiger partial charge in [-0.15, -0.1) is 0 Å². The maximum Gasteiger partial charge on any atom is 0.303 e. The van der Waals surface area contributed by atoms with E-state index in [1.54, 1.807) is 0 Å². The average molecular weight is 977 g/mol. The van der Waals surface area contributed by atoms with Crippen LogP contribution in [0, 0.1) is 5.92 Å². The van der Waals surface area contributed by atoms with Crippen molar-refractivity contribution in [2.24, 2.45) is 11.7 Å². The summed E-state index contributed by atoms with van der Waals surface area (Å²) in [4.78, 5) is 101. The quantitative estimate of drug-likeness (QED) is 0.0350. The van der Waals surface area contributed by atoms with Gasteiger partial charge >= 0.3 is 59.7 Å². The zero-order valence-corrected chi connectivity index (χ0v) is 39.4. The molecule has 1 aliphatic heterocycles. The molecule has 68 heavy (non-hydrogen) atoms. The molecule has 1 aromatic carbocycles. The molecule has 22 nitrogen and oxygen atoms in total. The lowest BCUT2D eigenvalue weighted by Crippen LogP contribution is -2.31. The number of piperidine rings is 1. The zero-order chi connectivity index (χ0) is 52.9. The largest absolute Gasteiger partial charge is 0.481 e. The van der Waals surface area contributed by atoms with Crippen LogP contribution in [-0.2, 0) is 47.9 Å². The van der Waals surface area contributed by atoms with Crippen LogP contribution in [0.15, 0.2) is 24.3 Å². The van der Waals surface area contributed by atoms with Crippen LogP contribution in [0.1, 0.15) is 180 Å². The monoisotopic (exact) mass is 976 g/mol. The van der Waals surface area contributed by atoms with Crippen molar-refractivity contribution in [3.63, 3.8) is 0 Å². The Bertz CT molecular complexity index is 1350. The molecule has 12 N–H and O–H groups in total. The standard InChI is InChI=1S/C16H26N2.5C6H10O4/c1-13(2)12-15(17)14-8-4-5-9-16(14)18-10-6-3-7-11-18;5*7-5(8)3-1-2-4-6(9)10/h4-5,8-9,13,15H,3,6-7,10-12,17H2,1-2H3;5*1-4H2,(H,7,8)(H,9,10). The molecule has 1 heterocycles. The second kappa shape index (κ2) is 45.8. The van der Waals surface area contributed by atoms with Crippen molar-refractivity contribution in [1.29, 1.82) is 0 Å². The van der Waals surface area contributed by atoms with Crippen LogP contribution in [0.4, 0.5) is 5.69 Å². The molecule has 1 unspecified atom stereocenters. The minimum Gasteiger partial charge on any atom is -0.481 e. The molecule has 390 valence electrons. The van der Waals surface area contributed by atoms with Crippen molar-refractivity contribution in [2.45, 2.75) is 174 Å². The first-order chi connectivity index (χ1) is 31.8. The van der Waals surface area contributed by atoms with Gasteiger partial charge in [0.15, 0.2) is 0 Å². The summed E-state index contributed by atoms with van der Waals surface area (Å²) in [7, 11) is 0. The van der Waals surface area contributed by atoms with Gasteiger partial charge < -0.3 is 61.7 Å². The molecular weight excluding hydrogens is 901 g/mol. The van der Waals surface area contributed by atoms with Crippen LogP contribution in [-0.4, -0.2) is 124 Å². The molecular formula is C46H76N2O20. The number of hydrogen-bond acceptors (Lipinski definition) is 12. The van der Waals surface area contributed by atoms with Gasteiger partial charge in [-0.1, -0.05) is 32.0 Å². The van der Waals surface area contributed by atoms with E-state index in [0.717, 1.165) is 6.42 Å². The van der Waals surface area contributed by atoms with E-state index in [-0.39, 0.29) is 70.3 Å². The fourth-order valence-corrected chi connectivity index (χ4v) is 5.62. The summed E-state index contributed by atoms with van der Waals surface area (Å²) in [5.41, 5.74) is 9.07. The van der Waals surface area contributed by atoms with Crippen LogP contribution in [0.25, 0.3) is 0 Å². The van der Waals surface area contributed by atoms with Crippen LogP contribution in [0.3, 0.4) is 0 Å². The van der Waals surface area contributed by atoms with Crippen LogP contribution in [0.5, 0.6) is 0 Å². The smallest absolute Gasteiger partial charge is 0.303 e. The van der Waals surface area contributed by atoms with Crippen molar-refractivity contribution in [3.05, 3.63) is 29.8 Å². The third kappa shape index (κ3) is 57.7. The van der Waals surface area contributed by atoms with Crippen molar-refractivity contribution in [1.82, 2.24) is 0 Å². The number of aliphatic carboxylic acids is 10. The molecule has 0 saturated carbocycles. The van der Waals surface area contributed by atoms with Gasteiger partial charge in [-0.2, -0.15) is 0 Å². The number of carbonyl (C=O) groups is 10. The summed E-state index contributed by atoms with van der Waals surface area (Å²) in [5, 5.41) is 81.3. The summed E-state index contributed by atoms with van der Waals surface area (Å²) in [5.74, 6) is -8.05. The fourth-order valence-electron chi connectivity index (χ4n) is 5.62. The first kappa shape index (κ1) is 68.3. The van der Waals surface area contributed by atoms with Gasteiger partial charge in [0.05, 0.1) is 0 Å². The molecule has 1 fully saturated rings. The van der Waals surface area contributed by atoms with Crippen molar-refractivity contribution >= 4 is 65.4 Å². The Hall–Kier alpha value is -6.32. The molecule has 2 rings (SSSR count). The Balaban J connectivity index is -0.000000370. The Kier molecular flexibility index (Phi) is 46.0. The highest BCUT2D eigenvalue weighted by atomic mass is 16.4. The van der Waals surface area contributed by atoms with E-state index in [4.69, 9.17) is 56.8 Å². The van der Waals surface area contributed by atoms with E-state index < -0.39 is 59.7 Å². The van der Waals surface area contributed by atoms with Crippen LogP contribution >= 0.6 is 0 Å². The molecule has 1 aliphatic rings. The number of anilines is 1. The van der Waals surface area contributed by atoms with E-state index in [1.165, 1.54) is 43.6 Å². The number of nitrogens with zero attached hydrogens (tertiary/aromatic N) is 1. The number of nitrogens with two attached hydrogens (primary N) is 1. The zero-order valence-electron chi connectivity index (χ0n) is 39.4. The number of benzene rings is 1. The molecule has 1 aromatic rings. The molecule has 0 bridgehead atoms. The summed E-state index contributed by atoms with van der Waals surface area (Å²) < 4.78 is 0. The van der Waals surface area contributed by atoms with Gasteiger partial charge in [-0.25, -0.2) is 0 Å². The molecule has 0 amide bonds. The molecule has 0 aliphatic carbocycles. The second-order valence-electron chi connectivity index (χ2n) is 15.8. The third-order valence-electron chi connectivity index (χ3n) is 8.91. The highest BCUT2D eigenvalue weighted by Gasteiger charge is 2.18. The SMILES string of the molecule is CC(C)CC(N)c1ccccc1N1CCCCC1.O=C(O)CCCCC(=O)O.O=C(O)CCCCC(=O)O.O=C(O)CCCCC(=O)O.O=C(O)CCCCC(=O)O.O=C(O)CCCCC(=O)O. The predicted octanol–water partition coefficient (Wildman–Crippen LogP) is 7.30. The normalized spacial score (nSPS) is 11.6. The average Bonchev–Trinajstić information content (AvgIpc) is 3.23. The van der Waals surface area contributed by atoms with E-state index in [0.29, 0.717) is 70.1 Å². The predicted molar refractivity (Wildman–Crippen MR) is 248 cm³/mol. The van der Waals surface area contributed by atoms with Gasteiger partial charge in [0, 0.05) is 89.0 Å². The Morgan fingerprint density at radius 1 is 0.412 bits per heavy atom. The molecule has 0 aromatic heterocycles. The molecule has 22 heteroatoms. The first-order valence-electron chi connectivity index (χ1n) is 22.6. The topological polar surface area (TPSA) is 402 Å². The van der Waals surface area contributed by atoms with Crippen molar-refractivity contribution in [3.8, 4) is 0 Å². The third-order valence-corrected chi connectivity index (χ3v) is 8.91. The van der Waals surface area contributed by atoms with Gasteiger partial charge in [0.1, 0.15) is 0 Å². The van der Waals surface area contributed by atoms with E-state index in [9.17, 15) is 47.9 Å². The molecule has 0 spiro atoms. The number of para-hydroxylation sites is 1. The first-order valence-corrected chi connectivity index (χ1v) is 22.6. The number of hydrogen-bond donors (Lipinski definition) is 11. The number of unbranched alkanes of at least 4 members (excludes halogenated alkanes) is 5. The maximum absolute atomic E-state index is 9.90. The molecule has 1 saturated heterocycles. The van der Waals surface area contributed by atoms with Gasteiger partial charge in [0.2, 0.25) is 0 Å². The minimum atomic E-state index is -0.870. The Labute approximate surface area is 397 Å². The van der Waals surface area contributed by atoms with E-state index in [1.807, 2.05) is 0 Å². The second-order valence-corrected chi connectivity index (χ2v) is 15.8. The van der Waals surface area contributed by atoms with Gasteiger partial charge in [-0.3, -0.25) is 47.9 Å². The van der Waals surface area contributed by atoms with E-state index in [2.05, 4.69) is 43.0 Å².